The van der Waals surface area contributed by atoms with E-state index in [1.54, 1.807) is 0 Å². The van der Waals surface area contributed by atoms with Crippen molar-refractivity contribution < 1.29 is 9.47 Å². The Morgan fingerprint density at radius 1 is 1.04 bits per heavy atom. The number of piperidine rings is 1. The SMILES string of the molecule is COc1nc(OC)nc(N2CCCC(N(C)c3ccnc(C4CC4)n3)C2)n1. The molecule has 27 heavy (non-hydrogen) atoms. The first-order valence-corrected chi connectivity index (χ1v) is 9.32. The fourth-order valence-corrected chi connectivity index (χ4v) is 3.39. The van der Waals surface area contributed by atoms with Gasteiger partial charge in [-0.05, 0) is 31.7 Å². The van der Waals surface area contributed by atoms with Crippen molar-refractivity contribution in [3.05, 3.63) is 18.1 Å². The third-order valence-corrected chi connectivity index (χ3v) is 5.14. The van der Waals surface area contributed by atoms with Crippen molar-refractivity contribution in [3.8, 4) is 12.0 Å². The van der Waals surface area contributed by atoms with Crippen LogP contribution in [0.4, 0.5) is 11.8 Å². The van der Waals surface area contributed by atoms with Gasteiger partial charge in [0, 0.05) is 38.3 Å². The molecule has 2 aliphatic rings. The van der Waals surface area contributed by atoms with Crippen molar-refractivity contribution in [1.29, 1.82) is 0 Å². The summed E-state index contributed by atoms with van der Waals surface area (Å²) in [6.07, 6.45) is 6.41. The van der Waals surface area contributed by atoms with Gasteiger partial charge in [0.15, 0.2) is 0 Å². The van der Waals surface area contributed by atoms with Crippen molar-refractivity contribution in [3.63, 3.8) is 0 Å². The maximum atomic E-state index is 5.18. The second kappa shape index (κ2) is 7.50. The van der Waals surface area contributed by atoms with E-state index in [4.69, 9.17) is 14.5 Å². The maximum Gasteiger partial charge on any atom is 0.324 e. The number of hydrogen-bond acceptors (Lipinski definition) is 9. The molecule has 4 rings (SSSR count). The first-order chi connectivity index (χ1) is 13.2. The highest BCUT2D eigenvalue weighted by Gasteiger charge is 2.29. The summed E-state index contributed by atoms with van der Waals surface area (Å²) in [5.74, 6) is 3.08. The maximum absolute atomic E-state index is 5.18. The minimum absolute atomic E-state index is 0.261. The molecule has 0 amide bonds. The van der Waals surface area contributed by atoms with E-state index in [9.17, 15) is 0 Å². The molecule has 2 aromatic heterocycles. The molecule has 2 fully saturated rings. The van der Waals surface area contributed by atoms with E-state index in [2.05, 4.69) is 36.8 Å². The molecular formula is C18H25N7O2. The van der Waals surface area contributed by atoms with Crippen LogP contribution >= 0.6 is 0 Å². The summed E-state index contributed by atoms with van der Waals surface area (Å²) < 4.78 is 10.4. The van der Waals surface area contributed by atoms with E-state index in [0.717, 1.165) is 37.6 Å². The molecule has 9 heteroatoms. The molecule has 0 aromatic carbocycles. The molecule has 0 radical (unpaired) electrons. The van der Waals surface area contributed by atoms with Crippen LogP contribution in [0.2, 0.25) is 0 Å². The molecule has 3 heterocycles. The van der Waals surface area contributed by atoms with Crippen molar-refractivity contribution >= 4 is 11.8 Å². The Morgan fingerprint density at radius 3 is 2.44 bits per heavy atom. The van der Waals surface area contributed by atoms with E-state index in [0.29, 0.717) is 17.9 Å². The van der Waals surface area contributed by atoms with Crippen LogP contribution in [0.5, 0.6) is 12.0 Å². The first kappa shape index (κ1) is 17.7. The van der Waals surface area contributed by atoms with Crippen LogP contribution in [-0.2, 0) is 0 Å². The molecule has 0 N–H and O–H groups in total. The Morgan fingerprint density at radius 2 is 1.78 bits per heavy atom. The summed E-state index contributed by atoms with van der Waals surface area (Å²) in [5, 5.41) is 0. The third-order valence-electron chi connectivity index (χ3n) is 5.14. The van der Waals surface area contributed by atoms with Gasteiger partial charge < -0.3 is 19.3 Å². The Labute approximate surface area is 158 Å². The predicted molar refractivity (Wildman–Crippen MR) is 101 cm³/mol. The lowest BCUT2D eigenvalue weighted by Gasteiger charge is -2.38. The summed E-state index contributed by atoms with van der Waals surface area (Å²) in [6.45, 7) is 1.69. The average molecular weight is 371 g/mol. The smallest absolute Gasteiger partial charge is 0.324 e. The number of nitrogens with zero attached hydrogens (tertiary/aromatic N) is 7. The Kier molecular flexibility index (Phi) is 4.91. The average Bonchev–Trinajstić information content (AvgIpc) is 3.58. The predicted octanol–water partition coefficient (Wildman–Crippen LogP) is 1.66. The van der Waals surface area contributed by atoms with Gasteiger partial charge in [-0.15, -0.1) is 4.98 Å². The molecule has 1 saturated carbocycles. The van der Waals surface area contributed by atoms with E-state index in [1.807, 2.05) is 12.3 Å². The third kappa shape index (κ3) is 3.86. The van der Waals surface area contributed by atoms with Gasteiger partial charge in [-0.25, -0.2) is 9.97 Å². The highest BCUT2D eigenvalue weighted by atomic mass is 16.5. The lowest BCUT2D eigenvalue weighted by atomic mass is 10.0. The molecule has 9 nitrogen and oxygen atoms in total. The first-order valence-electron chi connectivity index (χ1n) is 9.32. The fourth-order valence-electron chi connectivity index (χ4n) is 3.39. The molecule has 2 aromatic rings. The van der Waals surface area contributed by atoms with Gasteiger partial charge in [-0.3, -0.25) is 0 Å². The minimum Gasteiger partial charge on any atom is -0.467 e. The van der Waals surface area contributed by atoms with E-state index >= 15 is 0 Å². The van der Waals surface area contributed by atoms with Gasteiger partial charge in [0.25, 0.3) is 0 Å². The summed E-state index contributed by atoms with van der Waals surface area (Å²) in [7, 11) is 5.18. The Balaban J connectivity index is 1.51. The number of hydrogen-bond donors (Lipinski definition) is 0. The molecule has 1 saturated heterocycles. The summed E-state index contributed by atoms with van der Waals surface area (Å²) in [6, 6.07) is 2.82. The number of aromatic nitrogens is 5. The zero-order valence-corrected chi connectivity index (χ0v) is 16.0. The van der Waals surface area contributed by atoms with Crippen molar-refractivity contribution in [2.24, 2.45) is 0 Å². The zero-order valence-electron chi connectivity index (χ0n) is 16.0. The van der Waals surface area contributed by atoms with Crippen LogP contribution in [0.25, 0.3) is 0 Å². The quantitative estimate of drug-likeness (QED) is 0.752. The largest absolute Gasteiger partial charge is 0.467 e. The standard InChI is InChI=1S/C18H25N7O2/c1-24(14-8-9-19-15(20-14)12-6-7-12)13-5-4-10-25(11-13)16-21-17(26-2)23-18(22-16)27-3/h8-9,12-13H,4-7,10-11H2,1-3H3. The molecular weight excluding hydrogens is 346 g/mol. The molecule has 144 valence electrons. The number of methoxy groups -OCH3 is 2. The van der Waals surface area contributed by atoms with Crippen LogP contribution in [0, 0.1) is 0 Å². The lowest BCUT2D eigenvalue weighted by Crippen LogP contribution is -2.47. The Bertz CT molecular complexity index is 777. The number of rotatable bonds is 6. The van der Waals surface area contributed by atoms with Crippen molar-refractivity contribution in [2.75, 3.05) is 44.2 Å². The number of anilines is 2. The monoisotopic (exact) mass is 371 g/mol. The van der Waals surface area contributed by atoms with Gasteiger partial charge in [0.1, 0.15) is 11.6 Å². The molecule has 0 bridgehead atoms. The zero-order chi connectivity index (χ0) is 18.8. The van der Waals surface area contributed by atoms with Gasteiger partial charge in [-0.1, -0.05) is 0 Å². The summed E-state index contributed by atoms with van der Waals surface area (Å²) in [5.41, 5.74) is 0. The highest BCUT2D eigenvalue weighted by molar-refractivity contribution is 5.41. The van der Waals surface area contributed by atoms with Gasteiger partial charge in [-0.2, -0.15) is 9.97 Å². The van der Waals surface area contributed by atoms with E-state index in [-0.39, 0.29) is 12.0 Å². The second-order valence-corrected chi connectivity index (χ2v) is 7.01. The van der Waals surface area contributed by atoms with Gasteiger partial charge in [0.05, 0.1) is 14.2 Å². The molecule has 1 aliphatic heterocycles. The molecule has 0 spiro atoms. The number of likely N-dealkylation sites (N-methyl/N-ethyl adjacent to an activating group) is 1. The highest BCUT2D eigenvalue weighted by Crippen LogP contribution is 2.38. The van der Waals surface area contributed by atoms with Crippen LogP contribution < -0.4 is 19.3 Å². The van der Waals surface area contributed by atoms with Crippen LogP contribution in [0.1, 0.15) is 37.4 Å². The van der Waals surface area contributed by atoms with Crippen LogP contribution in [0.15, 0.2) is 12.3 Å². The normalized spacial score (nSPS) is 19.7. The topological polar surface area (TPSA) is 89.4 Å². The fraction of sp³-hybridized carbons (Fsp3) is 0.611. The molecule has 1 atom stereocenters. The van der Waals surface area contributed by atoms with Gasteiger partial charge in [0.2, 0.25) is 5.95 Å². The van der Waals surface area contributed by atoms with E-state index < -0.39 is 0 Å². The Hall–Kier alpha value is -2.71. The van der Waals surface area contributed by atoms with E-state index in [1.165, 1.54) is 27.1 Å². The second-order valence-electron chi connectivity index (χ2n) is 7.01. The lowest BCUT2D eigenvalue weighted by molar-refractivity contribution is 0.338. The van der Waals surface area contributed by atoms with Crippen molar-refractivity contribution in [2.45, 2.75) is 37.6 Å². The van der Waals surface area contributed by atoms with Crippen molar-refractivity contribution in [1.82, 2.24) is 24.9 Å². The molecule has 1 aliphatic carbocycles. The van der Waals surface area contributed by atoms with Crippen LogP contribution in [0.3, 0.4) is 0 Å². The van der Waals surface area contributed by atoms with Gasteiger partial charge >= 0.3 is 12.0 Å². The molecule has 1 unspecified atom stereocenters. The minimum atomic E-state index is 0.261. The summed E-state index contributed by atoms with van der Waals surface area (Å²) in [4.78, 5) is 26.5. The van der Waals surface area contributed by atoms with Crippen LogP contribution in [-0.4, -0.2) is 65.3 Å². The number of ether oxygens (including phenoxy) is 2. The summed E-state index contributed by atoms with van der Waals surface area (Å²) >= 11 is 0.